The number of carbonyl (C=O) groups is 1. The Morgan fingerprint density at radius 2 is 2.29 bits per heavy atom. The van der Waals surface area contributed by atoms with Gasteiger partial charge in [0.15, 0.2) is 0 Å². The molecule has 0 aliphatic heterocycles. The summed E-state index contributed by atoms with van der Waals surface area (Å²) in [7, 11) is 1.75. The molecule has 1 heterocycles. The van der Waals surface area contributed by atoms with Gasteiger partial charge in [-0.3, -0.25) is 9.48 Å². The maximum Gasteiger partial charge on any atom is 0.259 e. The fourth-order valence-electron chi connectivity index (χ4n) is 1.94. The van der Waals surface area contributed by atoms with Crippen molar-refractivity contribution in [1.29, 1.82) is 0 Å². The lowest BCUT2D eigenvalue weighted by Gasteiger charge is -2.24. The van der Waals surface area contributed by atoms with Crippen LogP contribution in [-0.4, -0.2) is 33.2 Å². The van der Waals surface area contributed by atoms with Gasteiger partial charge in [-0.15, -0.1) is 0 Å². The van der Waals surface area contributed by atoms with Crippen molar-refractivity contribution in [3.05, 3.63) is 11.8 Å². The number of carbonyl (C=O) groups excluding carboxylic acids is 1. The van der Waals surface area contributed by atoms with Crippen molar-refractivity contribution < 1.29 is 4.79 Å². The molecule has 0 radical (unpaired) electrons. The quantitative estimate of drug-likeness (QED) is 0.856. The molecule has 1 saturated carbocycles. The van der Waals surface area contributed by atoms with Gasteiger partial charge in [0, 0.05) is 19.6 Å². The van der Waals surface area contributed by atoms with Crippen LogP contribution in [0.15, 0.2) is 6.20 Å². The second kappa shape index (κ2) is 4.39. The lowest BCUT2D eigenvalue weighted by molar-refractivity contribution is 0.0723. The summed E-state index contributed by atoms with van der Waals surface area (Å²) in [4.78, 5) is 14.3. The van der Waals surface area contributed by atoms with Gasteiger partial charge < -0.3 is 10.6 Å². The van der Waals surface area contributed by atoms with Gasteiger partial charge in [0.25, 0.3) is 5.91 Å². The summed E-state index contributed by atoms with van der Waals surface area (Å²) in [6.07, 6.45) is 3.78. The lowest BCUT2D eigenvalue weighted by Crippen LogP contribution is -2.36. The highest BCUT2D eigenvalue weighted by molar-refractivity contribution is 5.98. The first-order valence-electron chi connectivity index (χ1n) is 6.09. The van der Waals surface area contributed by atoms with E-state index in [0.29, 0.717) is 23.3 Å². The molecule has 0 aromatic carbocycles. The molecule has 0 spiro atoms. The number of hydrogen-bond donors (Lipinski definition) is 1. The number of anilines is 1. The molecular weight excluding hydrogens is 216 g/mol. The number of nitrogens with two attached hydrogens (primary N) is 1. The number of nitrogen functional groups attached to an aromatic ring is 1. The maximum absolute atomic E-state index is 12.4. The molecule has 0 bridgehead atoms. The van der Waals surface area contributed by atoms with Crippen molar-refractivity contribution in [3.8, 4) is 0 Å². The molecule has 1 aliphatic rings. The molecule has 1 aromatic rings. The number of nitrogens with zero attached hydrogens (tertiary/aromatic N) is 3. The third-order valence-electron chi connectivity index (χ3n) is 3.03. The third kappa shape index (κ3) is 2.43. The van der Waals surface area contributed by atoms with Crippen molar-refractivity contribution in [2.75, 3.05) is 12.3 Å². The molecule has 1 fully saturated rings. The summed E-state index contributed by atoms with van der Waals surface area (Å²) in [5, 5.41) is 4.02. The first-order valence-corrected chi connectivity index (χ1v) is 6.09. The third-order valence-corrected chi connectivity index (χ3v) is 3.03. The van der Waals surface area contributed by atoms with E-state index >= 15 is 0 Å². The first-order chi connectivity index (χ1) is 8.00. The SMILES string of the molecule is CC(C)CN(C(=O)c1cnn(C)c1N)C1CC1. The van der Waals surface area contributed by atoms with Crippen molar-refractivity contribution in [3.63, 3.8) is 0 Å². The van der Waals surface area contributed by atoms with Crippen LogP contribution in [0.1, 0.15) is 37.0 Å². The first kappa shape index (κ1) is 12.0. The Bertz CT molecular complexity index is 420. The molecule has 5 nitrogen and oxygen atoms in total. The Morgan fingerprint density at radius 1 is 1.65 bits per heavy atom. The van der Waals surface area contributed by atoms with E-state index in [4.69, 9.17) is 5.73 Å². The summed E-state index contributed by atoms with van der Waals surface area (Å²) in [6, 6.07) is 0.407. The summed E-state index contributed by atoms with van der Waals surface area (Å²) < 4.78 is 1.54. The molecule has 0 atom stereocenters. The molecule has 5 heteroatoms. The summed E-state index contributed by atoms with van der Waals surface area (Å²) in [5.74, 6) is 0.939. The van der Waals surface area contributed by atoms with Crippen LogP contribution in [0, 0.1) is 5.92 Å². The van der Waals surface area contributed by atoms with Crippen molar-refractivity contribution >= 4 is 11.7 Å². The van der Waals surface area contributed by atoms with Crippen molar-refractivity contribution in [2.24, 2.45) is 13.0 Å². The van der Waals surface area contributed by atoms with Crippen molar-refractivity contribution in [1.82, 2.24) is 14.7 Å². The molecule has 2 N–H and O–H groups in total. The van der Waals surface area contributed by atoms with Gasteiger partial charge in [-0.05, 0) is 18.8 Å². The lowest BCUT2D eigenvalue weighted by atomic mass is 10.2. The zero-order valence-corrected chi connectivity index (χ0v) is 10.7. The molecule has 2 rings (SSSR count). The van der Waals surface area contributed by atoms with Gasteiger partial charge in [0.05, 0.1) is 6.20 Å². The van der Waals surface area contributed by atoms with Crippen LogP contribution in [0.25, 0.3) is 0 Å². The topological polar surface area (TPSA) is 64.2 Å². The van der Waals surface area contributed by atoms with E-state index in [9.17, 15) is 4.79 Å². The fraction of sp³-hybridized carbons (Fsp3) is 0.667. The van der Waals surface area contributed by atoms with Gasteiger partial charge in [0.2, 0.25) is 0 Å². The Kier molecular flexibility index (Phi) is 3.09. The normalized spacial score (nSPS) is 15.3. The minimum atomic E-state index is 0.0202. The second-order valence-corrected chi connectivity index (χ2v) is 5.15. The predicted octanol–water partition coefficient (Wildman–Crippen LogP) is 1.26. The van der Waals surface area contributed by atoms with Crippen LogP contribution in [0.4, 0.5) is 5.82 Å². The van der Waals surface area contributed by atoms with Gasteiger partial charge in [0.1, 0.15) is 11.4 Å². The van der Waals surface area contributed by atoms with E-state index in [1.54, 1.807) is 13.2 Å². The molecule has 0 saturated heterocycles. The molecule has 1 aliphatic carbocycles. The van der Waals surface area contributed by atoms with Gasteiger partial charge in [-0.25, -0.2) is 0 Å². The Labute approximate surface area is 102 Å². The smallest absolute Gasteiger partial charge is 0.259 e. The van der Waals surface area contributed by atoms with E-state index in [1.807, 2.05) is 4.90 Å². The van der Waals surface area contributed by atoms with Crippen LogP contribution >= 0.6 is 0 Å². The van der Waals surface area contributed by atoms with Gasteiger partial charge in [-0.2, -0.15) is 5.10 Å². The summed E-state index contributed by atoms with van der Waals surface area (Å²) >= 11 is 0. The monoisotopic (exact) mass is 236 g/mol. The summed E-state index contributed by atoms with van der Waals surface area (Å²) in [6.45, 7) is 5.03. The molecule has 1 aromatic heterocycles. The number of amides is 1. The zero-order chi connectivity index (χ0) is 12.6. The zero-order valence-electron chi connectivity index (χ0n) is 10.7. The van der Waals surface area contributed by atoms with E-state index in [-0.39, 0.29) is 5.91 Å². The molecule has 0 unspecified atom stereocenters. The van der Waals surface area contributed by atoms with E-state index in [1.165, 1.54) is 4.68 Å². The molecular formula is C12H20N4O. The highest BCUT2D eigenvalue weighted by Gasteiger charge is 2.34. The largest absolute Gasteiger partial charge is 0.383 e. The van der Waals surface area contributed by atoms with Gasteiger partial charge in [-0.1, -0.05) is 13.8 Å². The second-order valence-electron chi connectivity index (χ2n) is 5.15. The highest BCUT2D eigenvalue weighted by atomic mass is 16.2. The molecule has 17 heavy (non-hydrogen) atoms. The van der Waals surface area contributed by atoms with E-state index < -0.39 is 0 Å². The maximum atomic E-state index is 12.4. The predicted molar refractivity (Wildman–Crippen MR) is 66.5 cm³/mol. The van der Waals surface area contributed by atoms with Crippen LogP contribution in [0.3, 0.4) is 0 Å². The number of hydrogen-bond acceptors (Lipinski definition) is 3. The Morgan fingerprint density at radius 3 is 2.71 bits per heavy atom. The van der Waals surface area contributed by atoms with Crippen molar-refractivity contribution in [2.45, 2.75) is 32.7 Å². The highest BCUT2D eigenvalue weighted by Crippen LogP contribution is 2.29. The minimum absolute atomic E-state index is 0.0202. The summed E-state index contributed by atoms with van der Waals surface area (Å²) in [5.41, 5.74) is 6.37. The molecule has 94 valence electrons. The van der Waals surface area contributed by atoms with Crippen LogP contribution in [0.5, 0.6) is 0 Å². The Hall–Kier alpha value is -1.52. The number of aryl methyl sites for hydroxylation is 1. The average molecular weight is 236 g/mol. The van der Waals surface area contributed by atoms with Gasteiger partial charge >= 0.3 is 0 Å². The fourth-order valence-corrected chi connectivity index (χ4v) is 1.94. The Balaban J connectivity index is 2.18. The van der Waals surface area contributed by atoms with E-state index in [2.05, 4.69) is 18.9 Å². The van der Waals surface area contributed by atoms with Crippen LogP contribution in [-0.2, 0) is 7.05 Å². The number of rotatable bonds is 4. The van der Waals surface area contributed by atoms with Crippen LogP contribution < -0.4 is 5.73 Å². The number of aromatic nitrogens is 2. The minimum Gasteiger partial charge on any atom is -0.383 e. The van der Waals surface area contributed by atoms with Crippen LogP contribution in [0.2, 0.25) is 0 Å². The molecule has 1 amide bonds. The van der Waals surface area contributed by atoms with E-state index in [0.717, 1.165) is 19.4 Å². The standard InChI is InChI=1S/C12H20N4O/c1-8(2)7-16(9-4-5-9)12(17)10-6-14-15(3)11(10)13/h6,8-9H,4-5,7,13H2,1-3H3. The average Bonchev–Trinajstić information content (AvgIpc) is 3.04.